The van der Waals surface area contributed by atoms with Crippen LogP contribution in [0.2, 0.25) is 0 Å². The molecule has 0 bridgehead atoms. The molecule has 0 radical (unpaired) electrons. The number of rotatable bonds is 1. The number of aliphatic hydroxyl groups excluding tert-OH is 3. The summed E-state index contributed by atoms with van der Waals surface area (Å²) in [7, 11) is 0. The van der Waals surface area contributed by atoms with Crippen LogP contribution in [0.3, 0.4) is 0 Å². The Hall–Kier alpha value is -0.690. The first-order valence-electron chi connectivity index (χ1n) is 3.87. The summed E-state index contributed by atoms with van der Waals surface area (Å²) in [6, 6.07) is 0. The van der Waals surface area contributed by atoms with Gasteiger partial charge in [0, 0.05) is 12.8 Å². The van der Waals surface area contributed by atoms with Crippen molar-refractivity contribution < 1.29 is 30.3 Å². The topological polar surface area (TPSA) is 118 Å². The van der Waals surface area contributed by atoms with Crippen LogP contribution in [0.4, 0.5) is 0 Å². The van der Waals surface area contributed by atoms with Crippen LogP contribution < -0.4 is 0 Å². The van der Waals surface area contributed by atoms with E-state index in [9.17, 15) is 9.90 Å². The fraction of sp³-hybridized carbons (Fsp3) is 0.857. The first kappa shape index (κ1) is 10.4. The maximum absolute atomic E-state index is 10.5. The zero-order valence-corrected chi connectivity index (χ0v) is 6.79. The van der Waals surface area contributed by atoms with Gasteiger partial charge in [-0.2, -0.15) is 0 Å². The number of carboxylic acids is 1. The van der Waals surface area contributed by atoms with Gasteiger partial charge in [-0.3, -0.25) is 0 Å². The van der Waals surface area contributed by atoms with Crippen LogP contribution in [0.5, 0.6) is 0 Å². The van der Waals surface area contributed by atoms with E-state index >= 15 is 0 Å². The molecule has 5 N–H and O–H groups in total. The van der Waals surface area contributed by atoms with Crippen molar-refractivity contribution in [3.63, 3.8) is 0 Å². The van der Waals surface area contributed by atoms with E-state index in [0.29, 0.717) is 0 Å². The predicted molar refractivity (Wildman–Crippen MR) is 39.8 cm³/mol. The van der Waals surface area contributed by atoms with Crippen molar-refractivity contribution in [3.8, 4) is 0 Å². The lowest BCUT2D eigenvalue weighted by molar-refractivity contribution is -0.187. The number of aliphatic carboxylic acids is 1. The highest BCUT2D eigenvalue weighted by molar-refractivity contribution is 5.77. The number of hydrogen-bond acceptors (Lipinski definition) is 5. The second kappa shape index (κ2) is 3.22. The van der Waals surface area contributed by atoms with Crippen molar-refractivity contribution in [2.45, 2.75) is 36.8 Å². The molecule has 6 nitrogen and oxygen atoms in total. The van der Waals surface area contributed by atoms with Gasteiger partial charge in [-0.15, -0.1) is 0 Å². The third-order valence-electron chi connectivity index (χ3n) is 2.28. The van der Waals surface area contributed by atoms with Gasteiger partial charge in [0.2, 0.25) is 0 Å². The average molecular weight is 192 g/mol. The van der Waals surface area contributed by atoms with Gasteiger partial charge in [0.1, 0.15) is 6.10 Å². The Kier molecular flexibility index (Phi) is 2.58. The monoisotopic (exact) mass is 192 g/mol. The Labute approximate surface area is 74.1 Å². The van der Waals surface area contributed by atoms with Crippen LogP contribution in [0.1, 0.15) is 12.8 Å². The smallest absolute Gasteiger partial charge is 0.335 e. The molecule has 0 saturated heterocycles. The Morgan fingerprint density at radius 1 is 1.15 bits per heavy atom. The van der Waals surface area contributed by atoms with Gasteiger partial charge in [0.05, 0.1) is 12.2 Å². The van der Waals surface area contributed by atoms with Crippen molar-refractivity contribution in [2.24, 2.45) is 0 Å². The van der Waals surface area contributed by atoms with Gasteiger partial charge in [0.15, 0.2) is 5.60 Å². The summed E-state index contributed by atoms with van der Waals surface area (Å²) < 4.78 is 0. The quantitative estimate of drug-likeness (QED) is 0.318. The largest absolute Gasteiger partial charge is 0.479 e. The van der Waals surface area contributed by atoms with E-state index in [0.717, 1.165) is 0 Å². The molecule has 0 heterocycles. The minimum atomic E-state index is -2.14. The molecule has 0 amide bonds. The van der Waals surface area contributed by atoms with Crippen molar-refractivity contribution in [1.29, 1.82) is 0 Å². The summed E-state index contributed by atoms with van der Waals surface area (Å²) in [5.74, 6) is -1.50. The van der Waals surface area contributed by atoms with E-state index in [2.05, 4.69) is 0 Å². The minimum absolute atomic E-state index is 0.472. The van der Waals surface area contributed by atoms with Crippen molar-refractivity contribution in [2.75, 3.05) is 0 Å². The van der Waals surface area contributed by atoms with Crippen LogP contribution in [0, 0.1) is 0 Å². The van der Waals surface area contributed by atoms with Crippen LogP contribution >= 0.6 is 0 Å². The predicted octanol–water partition coefficient (Wildman–Crippen LogP) is -2.32. The molecule has 0 aromatic rings. The molecule has 0 spiro atoms. The van der Waals surface area contributed by atoms with Gasteiger partial charge in [-0.25, -0.2) is 4.79 Å². The van der Waals surface area contributed by atoms with Crippen molar-refractivity contribution in [1.82, 2.24) is 0 Å². The maximum atomic E-state index is 10.5. The highest BCUT2D eigenvalue weighted by atomic mass is 16.4. The highest BCUT2D eigenvalue weighted by Gasteiger charge is 2.48. The molecule has 2 unspecified atom stereocenters. The molecular weight excluding hydrogens is 180 g/mol. The van der Waals surface area contributed by atoms with Crippen molar-refractivity contribution >= 4 is 5.97 Å². The van der Waals surface area contributed by atoms with Gasteiger partial charge in [0.25, 0.3) is 0 Å². The number of carboxylic acid groups (broad SMARTS) is 1. The van der Waals surface area contributed by atoms with Gasteiger partial charge >= 0.3 is 5.97 Å². The Bertz CT molecular complexity index is 203. The first-order valence-corrected chi connectivity index (χ1v) is 3.87. The van der Waals surface area contributed by atoms with Crippen LogP contribution in [0.25, 0.3) is 0 Å². The normalized spacial score (nSPS) is 46.0. The summed E-state index contributed by atoms with van der Waals surface area (Å²) in [4.78, 5) is 10.5. The molecule has 1 aliphatic rings. The average Bonchev–Trinajstić information content (AvgIpc) is 2.00. The molecule has 1 saturated carbocycles. The maximum Gasteiger partial charge on any atom is 0.335 e. The first-order chi connectivity index (χ1) is 5.87. The number of carbonyl (C=O) groups is 1. The molecule has 13 heavy (non-hydrogen) atoms. The zero-order chi connectivity index (χ0) is 10.2. The summed E-state index contributed by atoms with van der Waals surface area (Å²) in [6.45, 7) is 0. The summed E-state index contributed by atoms with van der Waals surface area (Å²) >= 11 is 0. The zero-order valence-electron chi connectivity index (χ0n) is 6.79. The Morgan fingerprint density at radius 2 is 1.54 bits per heavy atom. The molecule has 1 fully saturated rings. The minimum Gasteiger partial charge on any atom is -0.479 e. The second-order valence-electron chi connectivity index (χ2n) is 3.37. The Balaban J connectivity index is 2.79. The molecule has 2 atom stereocenters. The highest BCUT2D eigenvalue weighted by Crippen LogP contribution is 2.29. The number of hydrogen-bond donors (Lipinski definition) is 5. The fourth-order valence-electron chi connectivity index (χ4n) is 1.45. The van der Waals surface area contributed by atoms with E-state index in [-0.39, 0.29) is 0 Å². The lowest BCUT2D eigenvalue weighted by Crippen LogP contribution is -2.56. The van der Waals surface area contributed by atoms with E-state index in [1.54, 1.807) is 0 Å². The SMILES string of the molecule is O=C(O)[C@]1(O)CC(O)[C@@H](O)C(O)C1. The molecule has 1 aliphatic carbocycles. The van der Waals surface area contributed by atoms with Crippen LogP contribution in [-0.2, 0) is 4.79 Å². The molecule has 0 aromatic heterocycles. The van der Waals surface area contributed by atoms with E-state index in [1.165, 1.54) is 0 Å². The molecule has 0 aliphatic heterocycles. The van der Waals surface area contributed by atoms with Gasteiger partial charge in [-0.05, 0) is 0 Å². The van der Waals surface area contributed by atoms with E-state index in [4.69, 9.17) is 20.4 Å². The summed E-state index contributed by atoms with van der Waals surface area (Å²) in [5, 5.41) is 45.2. The second-order valence-corrected chi connectivity index (χ2v) is 3.37. The van der Waals surface area contributed by atoms with E-state index < -0.39 is 42.7 Å². The lowest BCUT2D eigenvalue weighted by Gasteiger charge is -2.37. The molecule has 1 rings (SSSR count). The molecule has 76 valence electrons. The van der Waals surface area contributed by atoms with E-state index in [1.807, 2.05) is 0 Å². The van der Waals surface area contributed by atoms with Crippen LogP contribution in [-0.4, -0.2) is 55.4 Å². The molecule has 0 aromatic carbocycles. The standard InChI is InChI=1S/C7H12O6/c8-3-1-7(13,6(11)12)2-4(9)5(3)10/h3-5,8-10,13H,1-2H2,(H,11,12)/t3?,4?,5-,7+. The number of aliphatic hydroxyl groups is 4. The van der Waals surface area contributed by atoms with Crippen molar-refractivity contribution in [3.05, 3.63) is 0 Å². The lowest BCUT2D eigenvalue weighted by atomic mass is 9.80. The fourth-order valence-corrected chi connectivity index (χ4v) is 1.45. The summed E-state index contributed by atoms with van der Waals surface area (Å²) in [5.41, 5.74) is -2.14. The van der Waals surface area contributed by atoms with Gasteiger partial charge < -0.3 is 25.5 Å². The molecule has 6 heteroatoms. The van der Waals surface area contributed by atoms with Gasteiger partial charge in [-0.1, -0.05) is 0 Å². The Morgan fingerprint density at radius 3 is 1.85 bits per heavy atom. The summed E-state index contributed by atoms with van der Waals surface area (Å²) in [6.07, 6.45) is -5.16. The molecular formula is C7H12O6. The third-order valence-corrected chi connectivity index (χ3v) is 2.28. The van der Waals surface area contributed by atoms with Crippen LogP contribution in [0.15, 0.2) is 0 Å². The third kappa shape index (κ3) is 1.80.